The van der Waals surface area contributed by atoms with Crippen molar-refractivity contribution < 1.29 is 14.5 Å². The van der Waals surface area contributed by atoms with E-state index < -0.39 is 10.8 Å². The number of non-ortho nitro benzene ring substituents is 1. The summed E-state index contributed by atoms with van der Waals surface area (Å²) in [5.41, 5.74) is 0.493. The van der Waals surface area contributed by atoms with E-state index in [1.54, 1.807) is 21.0 Å². The number of amides is 2. The van der Waals surface area contributed by atoms with Gasteiger partial charge in [0.05, 0.1) is 10.6 Å². The van der Waals surface area contributed by atoms with E-state index in [1.807, 2.05) is 0 Å². The standard InChI is InChI=1S/C14H14N4O4S/c1-8-11(13(20)17(2)3)23-14(15-8)16-12(19)9-5-4-6-10(7-9)18(21)22/h4-7H,1-3H3,(H,15,16,19). The molecule has 9 heteroatoms. The zero-order chi connectivity index (χ0) is 17.1. The molecule has 0 radical (unpaired) electrons. The van der Waals surface area contributed by atoms with Gasteiger partial charge in [0.25, 0.3) is 17.5 Å². The maximum atomic E-state index is 12.2. The average Bonchev–Trinajstić information content (AvgIpc) is 2.86. The number of nitro benzene ring substituents is 1. The molecule has 2 rings (SSSR count). The molecule has 2 aromatic rings. The smallest absolute Gasteiger partial charge is 0.270 e. The predicted molar refractivity (Wildman–Crippen MR) is 85.9 cm³/mol. The van der Waals surface area contributed by atoms with Crippen molar-refractivity contribution in [2.45, 2.75) is 6.92 Å². The van der Waals surface area contributed by atoms with E-state index in [1.165, 1.54) is 29.2 Å². The number of aryl methyl sites for hydroxylation is 1. The summed E-state index contributed by atoms with van der Waals surface area (Å²) in [4.78, 5) is 40.3. The maximum Gasteiger partial charge on any atom is 0.270 e. The van der Waals surface area contributed by atoms with Crippen molar-refractivity contribution in [3.63, 3.8) is 0 Å². The van der Waals surface area contributed by atoms with Gasteiger partial charge in [-0.3, -0.25) is 25.0 Å². The van der Waals surface area contributed by atoms with E-state index >= 15 is 0 Å². The lowest BCUT2D eigenvalue weighted by Crippen LogP contribution is -2.21. The normalized spacial score (nSPS) is 10.2. The first-order chi connectivity index (χ1) is 10.8. The largest absolute Gasteiger partial charge is 0.344 e. The first kappa shape index (κ1) is 16.6. The third-order valence-electron chi connectivity index (χ3n) is 2.94. The van der Waals surface area contributed by atoms with Crippen LogP contribution in [0.4, 0.5) is 10.8 Å². The van der Waals surface area contributed by atoms with E-state index in [0.29, 0.717) is 10.6 Å². The highest BCUT2D eigenvalue weighted by Crippen LogP contribution is 2.24. The molecular formula is C14H14N4O4S. The summed E-state index contributed by atoms with van der Waals surface area (Å²) in [5, 5.41) is 13.6. The molecule has 2 amide bonds. The summed E-state index contributed by atoms with van der Waals surface area (Å²) in [6.07, 6.45) is 0. The molecule has 0 atom stereocenters. The number of carbonyl (C=O) groups excluding carboxylic acids is 2. The molecule has 0 aliphatic rings. The zero-order valence-electron chi connectivity index (χ0n) is 12.7. The van der Waals surface area contributed by atoms with E-state index in [0.717, 1.165) is 11.3 Å². The number of rotatable bonds is 4. The number of aromatic nitrogens is 1. The minimum absolute atomic E-state index is 0.146. The SMILES string of the molecule is Cc1nc(NC(=O)c2cccc([N+](=O)[O-])c2)sc1C(=O)N(C)C. The molecule has 0 unspecified atom stereocenters. The zero-order valence-corrected chi connectivity index (χ0v) is 13.5. The van der Waals surface area contributed by atoms with Crippen molar-refractivity contribution in [2.24, 2.45) is 0 Å². The van der Waals surface area contributed by atoms with Crippen LogP contribution in [0, 0.1) is 17.0 Å². The van der Waals surface area contributed by atoms with Crippen LogP contribution in [0.2, 0.25) is 0 Å². The Balaban J connectivity index is 2.21. The van der Waals surface area contributed by atoms with Gasteiger partial charge in [-0.1, -0.05) is 17.4 Å². The lowest BCUT2D eigenvalue weighted by atomic mass is 10.2. The topological polar surface area (TPSA) is 105 Å². The number of thiazole rings is 1. The Labute approximate surface area is 135 Å². The van der Waals surface area contributed by atoms with Gasteiger partial charge in [-0.2, -0.15) is 0 Å². The molecule has 0 saturated heterocycles. The van der Waals surface area contributed by atoms with Crippen LogP contribution in [0.15, 0.2) is 24.3 Å². The molecule has 1 heterocycles. The van der Waals surface area contributed by atoms with Crippen LogP contribution in [-0.4, -0.2) is 40.7 Å². The first-order valence-corrected chi connectivity index (χ1v) is 7.36. The van der Waals surface area contributed by atoms with Crippen LogP contribution >= 0.6 is 11.3 Å². The van der Waals surface area contributed by atoms with Gasteiger partial charge in [0.2, 0.25) is 0 Å². The molecule has 1 aromatic carbocycles. The Morgan fingerprint density at radius 2 is 2.04 bits per heavy atom. The molecule has 0 spiro atoms. The maximum absolute atomic E-state index is 12.2. The van der Waals surface area contributed by atoms with Crippen molar-refractivity contribution in [2.75, 3.05) is 19.4 Å². The highest BCUT2D eigenvalue weighted by atomic mass is 32.1. The van der Waals surface area contributed by atoms with Crippen molar-refractivity contribution in [3.8, 4) is 0 Å². The molecule has 1 aromatic heterocycles. The van der Waals surface area contributed by atoms with Crippen molar-refractivity contribution in [1.29, 1.82) is 0 Å². The van der Waals surface area contributed by atoms with Crippen LogP contribution < -0.4 is 5.32 Å². The van der Waals surface area contributed by atoms with E-state index in [4.69, 9.17) is 0 Å². The fraction of sp³-hybridized carbons (Fsp3) is 0.214. The van der Waals surface area contributed by atoms with Gasteiger partial charge in [-0.25, -0.2) is 4.98 Å². The second-order valence-corrected chi connectivity index (χ2v) is 5.89. The number of hydrogen-bond donors (Lipinski definition) is 1. The molecule has 0 fully saturated rings. The predicted octanol–water partition coefficient (Wildman–Crippen LogP) is 2.31. The number of carbonyl (C=O) groups is 2. The van der Waals surface area contributed by atoms with E-state index in [2.05, 4.69) is 10.3 Å². The van der Waals surface area contributed by atoms with Gasteiger partial charge in [-0.15, -0.1) is 0 Å². The van der Waals surface area contributed by atoms with Crippen molar-refractivity contribution >= 4 is 34.0 Å². The Hall–Kier alpha value is -2.81. The Morgan fingerprint density at radius 1 is 1.35 bits per heavy atom. The summed E-state index contributed by atoms with van der Waals surface area (Å²) in [7, 11) is 3.26. The van der Waals surface area contributed by atoms with Gasteiger partial charge >= 0.3 is 0 Å². The number of nitrogens with one attached hydrogen (secondary N) is 1. The molecule has 1 N–H and O–H groups in total. The number of hydrogen-bond acceptors (Lipinski definition) is 6. The van der Waals surface area contributed by atoms with E-state index in [-0.39, 0.29) is 22.3 Å². The lowest BCUT2D eigenvalue weighted by Gasteiger charge is -2.07. The third-order valence-corrected chi connectivity index (χ3v) is 4.00. The minimum Gasteiger partial charge on any atom is -0.344 e. The van der Waals surface area contributed by atoms with Gasteiger partial charge in [-0.05, 0) is 13.0 Å². The lowest BCUT2D eigenvalue weighted by molar-refractivity contribution is -0.384. The highest BCUT2D eigenvalue weighted by molar-refractivity contribution is 7.17. The summed E-state index contributed by atoms with van der Waals surface area (Å²) < 4.78 is 0. The van der Waals surface area contributed by atoms with Crippen LogP contribution in [0.5, 0.6) is 0 Å². The van der Waals surface area contributed by atoms with Crippen LogP contribution in [0.25, 0.3) is 0 Å². The van der Waals surface area contributed by atoms with Gasteiger partial charge < -0.3 is 4.90 Å². The monoisotopic (exact) mass is 334 g/mol. The molecule has 0 bridgehead atoms. The number of benzene rings is 1. The number of anilines is 1. The molecule has 23 heavy (non-hydrogen) atoms. The fourth-order valence-corrected chi connectivity index (χ4v) is 2.76. The first-order valence-electron chi connectivity index (χ1n) is 6.54. The van der Waals surface area contributed by atoms with Crippen LogP contribution in [0.1, 0.15) is 25.7 Å². The second kappa shape index (κ2) is 6.53. The molecule has 0 aliphatic carbocycles. The Morgan fingerprint density at radius 3 is 2.65 bits per heavy atom. The van der Waals surface area contributed by atoms with Gasteiger partial charge in [0.15, 0.2) is 5.13 Å². The van der Waals surface area contributed by atoms with Crippen molar-refractivity contribution in [1.82, 2.24) is 9.88 Å². The Bertz CT molecular complexity index is 785. The quantitative estimate of drug-likeness (QED) is 0.682. The Kier molecular flexibility index (Phi) is 4.70. The van der Waals surface area contributed by atoms with Gasteiger partial charge in [0.1, 0.15) is 4.88 Å². The summed E-state index contributed by atoms with van der Waals surface area (Å²) in [5.74, 6) is -0.720. The average molecular weight is 334 g/mol. The molecule has 120 valence electrons. The van der Waals surface area contributed by atoms with Crippen LogP contribution in [-0.2, 0) is 0 Å². The summed E-state index contributed by atoms with van der Waals surface area (Å²) in [6.45, 7) is 1.68. The number of nitrogens with zero attached hydrogens (tertiary/aromatic N) is 3. The minimum atomic E-state index is -0.571. The third kappa shape index (κ3) is 3.69. The number of nitro groups is 1. The molecular weight excluding hydrogens is 320 g/mol. The second-order valence-electron chi connectivity index (χ2n) is 4.89. The van der Waals surface area contributed by atoms with Gasteiger partial charge in [0, 0.05) is 31.8 Å². The molecule has 0 saturated carbocycles. The molecule has 8 nitrogen and oxygen atoms in total. The molecule has 0 aliphatic heterocycles. The summed E-state index contributed by atoms with van der Waals surface area (Å²) in [6, 6.07) is 5.38. The van der Waals surface area contributed by atoms with Crippen LogP contribution in [0.3, 0.4) is 0 Å². The fourth-order valence-electron chi connectivity index (χ4n) is 1.78. The highest BCUT2D eigenvalue weighted by Gasteiger charge is 2.19. The summed E-state index contributed by atoms with van der Waals surface area (Å²) >= 11 is 1.06. The van der Waals surface area contributed by atoms with E-state index in [9.17, 15) is 19.7 Å². The van der Waals surface area contributed by atoms with Crippen molar-refractivity contribution in [3.05, 3.63) is 50.5 Å².